The third-order valence-electron chi connectivity index (χ3n) is 5.97. The van der Waals surface area contributed by atoms with Crippen molar-refractivity contribution in [1.82, 2.24) is 4.98 Å². The van der Waals surface area contributed by atoms with Crippen LogP contribution >= 0.6 is 0 Å². The molecule has 1 saturated heterocycles. The number of hydrogen-bond donors (Lipinski definition) is 1. The molecule has 2 aromatic carbocycles. The van der Waals surface area contributed by atoms with E-state index in [1.165, 1.54) is 31.4 Å². The summed E-state index contributed by atoms with van der Waals surface area (Å²) in [4.78, 5) is 44.0. The van der Waals surface area contributed by atoms with Crippen LogP contribution in [0.15, 0.2) is 72.6 Å². The molecular weight excluding hydrogens is 476 g/mol. The number of aromatic nitrogens is 1. The molecule has 4 rings (SSSR count). The summed E-state index contributed by atoms with van der Waals surface area (Å²) in [5.74, 6) is -1.69. The Kier molecular flexibility index (Phi) is 7.52. The highest BCUT2D eigenvalue weighted by molar-refractivity contribution is 6.51. The number of anilines is 1. The molecule has 1 unspecified atom stereocenters. The molecule has 1 aliphatic rings. The minimum absolute atomic E-state index is 0.0780. The molecule has 9 nitrogen and oxygen atoms in total. The Balaban J connectivity index is 1.84. The van der Waals surface area contributed by atoms with E-state index in [9.17, 15) is 19.5 Å². The lowest BCUT2D eigenvalue weighted by atomic mass is 9.95. The monoisotopic (exact) mass is 502 g/mol. The Morgan fingerprint density at radius 1 is 1.05 bits per heavy atom. The second-order valence-electron chi connectivity index (χ2n) is 8.17. The zero-order chi connectivity index (χ0) is 26.5. The first-order valence-corrected chi connectivity index (χ1v) is 11.6. The number of ketones is 1. The fraction of sp³-hybridized carbons (Fsp3) is 0.214. The molecular formula is C28H26N2O7. The van der Waals surface area contributed by atoms with Gasteiger partial charge in [0.1, 0.15) is 17.3 Å². The van der Waals surface area contributed by atoms with Crippen molar-refractivity contribution in [2.75, 3.05) is 25.7 Å². The topological polar surface area (TPSA) is 115 Å². The van der Waals surface area contributed by atoms with E-state index in [1.54, 1.807) is 61.7 Å². The van der Waals surface area contributed by atoms with Gasteiger partial charge in [-0.15, -0.1) is 0 Å². The molecule has 1 atom stereocenters. The van der Waals surface area contributed by atoms with Gasteiger partial charge in [-0.05, 0) is 54.4 Å². The summed E-state index contributed by atoms with van der Waals surface area (Å²) < 4.78 is 15.7. The number of pyridine rings is 1. The molecule has 0 saturated carbocycles. The minimum Gasteiger partial charge on any atom is -0.507 e. The van der Waals surface area contributed by atoms with Crippen molar-refractivity contribution in [3.8, 4) is 11.5 Å². The Hall–Kier alpha value is -4.66. The van der Waals surface area contributed by atoms with Crippen molar-refractivity contribution in [1.29, 1.82) is 0 Å². The number of methoxy groups -OCH3 is 2. The normalized spacial score (nSPS) is 16.5. The lowest BCUT2D eigenvalue weighted by Gasteiger charge is -2.25. The van der Waals surface area contributed by atoms with Gasteiger partial charge in [-0.1, -0.05) is 18.2 Å². The van der Waals surface area contributed by atoms with E-state index in [4.69, 9.17) is 14.2 Å². The summed E-state index contributed by atoms with van der Waals surface area (Å²) in [6.45, 7) is 2.02. The molecule has 0 bridgehead atoms. The Morgan fingerprint density at radius 2 is 1.81 bits per heavy atom. The van der Waals surface area contributed by atoms with Gasteiger partial charge in [0.15, 0.2) is 0 Å². The number of aliphatic hydroxyl groups excluding tert-OH is 1. The first kappa shape index (κ1) is 25.4. The Morgan fingerprint density at radius 3 is 2.43 bits per heavy atom. The molecule has 1 fully saturated rings. The number of esters is 1. The van der Waals surface area contributed by atoms with E-state index in [1.807, 2.05) is 0 Å². The molecule has 1 N–H and O–H groups in total. The molecule has 0 spiro atoms. The van der Waals surface area contributed by atoms with Crippen molar-refractivity contribution in [3.63, 3.8) is 0 Å². The number of rotatable bonds is 8. The lowest BCUT2D eigenvalue weighted by molar-refractivity contribution is -0.142. The number of ether oxygens (including phenoxy) is 3. The number of aliphatic hydroxyl groups is 1. The third kappa shape index (κ3) is 5.02. The van der Waals surface area contributed by atoms with Gasteiger partial charge in [0.25, 0.3) is 11.7 Å². The van der Waals surface area contributed by atoms with Gasteiger partial charge in [0, 0.05) is 18.1 Å². The molecule has 190 valence electrons. The quantitative estimate of drug-likeness (QED) is 0.214. The van der Waals surface area contributed by atoms with E-state index in [0.717, 1.165) is 0 Å². The van der Waals surface area contributed by atoms with Crippen LogP contribution in [0.2, 0.25) is 0 Å². The van der Waals surface area contributed by atoms with E-state index in [2.05, 4.69) is 4.98 Å². The van der Waals surface area contributed by atoms with Gasteiger partial charge in [-0.3, -0.25) is 24.3 Å². The predicted octanol–water partition coefficient (Wildman–Crippen LogP) is 3.83. The first-order valence-electron chi connectivity index (χ1n) is 11.6. The smallest absolute Gasteiger partial charge is 0.310 e. The molecule has 37 heavy (non-hydrogen) atoms. The van der Waals surface area contributed by atoms with Gasteiger partial charge in [0.2, 0.25) is 0 Å². The molecule has 3 aromatic rings. The number of Topliss-reactive ketones (excluding diaryl/α,β-unsaturated/α-hetero) is 1. The second-order valence-corrected chi connectivity index (χ2v) is 8.17. The maximum atomic E-state index is 13.4. The van der Waals surface area contributed by atoms with E-state index in [-0.39, 0.29) is 30.1 Å². The first-order chi connectivity index (χ1) is 17.9. The largest absolute Gasteiger partial charge is 0.507 e. The molecule has 1 amide bonds. The van der Waals surface area contributed by atoms with Crippen LogP contribution in [-0.4, -0.2) is 48.6 Å². The van der Waals surface area contributed by atoms with Crippen molar-refractivity contribution in [2.45, 2.75) is 19.4 Å². The van der Waals surface area contributed by atoms with Crippen molar-refractivity contribution in [3.05, 3.63) is 89.3 Å². The van der Waals surface area contributed by atoms with Gasteiger partial charge in [-0.2, -0.15) is 0 Å². The molecule has 0 aliphatic carbocycles. The molecule has 1 aromatic heterocycles. The lowest BCUT2D eigenvalue weighted by Crippen LogP contribution is -2.29. The highest BCUT2D eigenvalue weighted by Crippen LogP contribution is 2.43. The summed E-state index contributed by atoms with van der Waals surface area (Å²) in [7, 11) is 2.92. The van der Waals surface area contributed by atoms with Gasteiger partial charge in [-0.25, -0.2) is 0 Å². The van der Waals surface area contributed by atoms with E-state index in [0.29, 0.717) is 28.3 Å². The average Bonchev–Trinajstić information content (AvgIpc) is 3.19. The summed E-state index contributed by atoms with van der Waals surface area (Å²) >= 11 is 0. The fourth-order valence-corrected chi connectivity index (χ4v) is 4.25. The van der Waals surface area contributed by atoms with Gasteiger partial charge in [0.05, 0.1) is 44.4 Å². The highest BCUT2D eigenvalue weighted by Gasteiger charge is 2.47. The molecule has 2 heterocycles. The highest BCUT2D eigenvalue weighted by atomic mass is 16.5. The number of hydrogen-bond acceptors (Lipinski definition) is 8. The zero-order valence-electron chi connectivity index (χ0n) is 20.6. The van der Waals surface area contributed by atoms with Crippen molar-refractivity contribution < 1.29 is 33.7 Å². The van der Waals surface area contributed by atoms with Crippen LogP contribution in [-0.2, 0) is 25.5 Å². The molecule has 1 aliphatic heterocycles. The van der Waals surface area contributed by atoms with Crippen molar-refractivity contribution in [2.24, 2.45) is 0 Å². The Labute approximate surface area is 213 Å². The number of carbonyl (C=O) groups is 3. The van der Waals surface area contributed by atoms with Crippen LogP contribution in [0.3, 0.4) is 0 Å². The van der Waals surface area contributed by atoms with Crippen LogP contribution in [0.1, 0.15) is 29.7 Å². The number of amides is 1. The van der Waals surface area contributed by atoms with Crippen LogP contribution in [0.4, 0.5) is 5.69 Å². The SMILES string of the molecule is CCOC(=O)Cc1ccc(N2C(=O)C(=O)/C(=C(/O)c3cc(OC)ccc3OC)C2c2cccnc2)cc1. The summed E-state index contributed by atoms with van der Waals surface area (Å²) in [5.41, 5.74) is 1.73. The maximum absolute atomic E-state index is 13.4. The maximum Gasteiger partial charge on any atom is 0.310 e. The van der Waals surface area contributed by atoms with E-state index >= 15 is 0 Å². The van der Waals surface area contributed by atoms with Crippen LogP contribution in [0, 0.1) is 0 Å². The second kappa shape index (κ2) is 10.9. The number of benzene rings is 2. The standard InChI is InChI=1S/C28H26N2O7/c1-4-37-23(31)14-17-7-9-19(10-8-17)30-25(18-6-5-13-29-16-18)24(27(33)28(30)34)26(32)21-15-20(35-2)11-12-22(21)36-3/h5-13,15-16,25,32H,4,14H2,1-3H3/b26-24+. The molecule has 0 radical (unpaired) electrons. The van der Waals surface area contributed by atoms with Crippen LogP contribution in [0.25, 0.3) is 5.76 Å². The fourth-order valence-electron chi connectivity index (χ4n) is 4.25. The van der Waals surface area contributed by atoms with Crippen LogP contribution < -0.4 is 14.4 Å². The van der Waals surface area contributed by atoms with E-state index < -0.39 is 23.5 Å². The predicted molar refractivity (Wildman–Crippen MR) is 135 cm³/mol. The summed E-state index contributed by atoms with van der Waals surface area (Å²) in [6.07, 6.45) is 3.19. The number of nitrogens with zero attached hydrogens (tertiary/aromatic N) is 2. The van der Waals surface area contributed by atoms with Crippen LogP contribution in [0.5, 0.6) is 11.5 Å². The van der Waals surface area contributed by atoms with Gasteiger partial charge >= 0.3 is 5.97 Å². The summed E-state index contributed by atoms with van der Waals surface area (Å²) in [6, 6.07) is 13.9. The summed E-state index contributed by atoms with van der Waals surface area (Å²) in [5, 5.41) is 11.4. The number of carbonyl (C=O) groups excluding carboxylic acids is 3. The third-order valence-corrected chi connectivity index (χ3v) is 5.97. The Bertz CT molecular complexity index is 1350. The minimum atomic E-state index is -0.958. The zero-order valence-corrected chi connectivity index (χ0v) is 20.6. The molecule has 9 heteroatoms. The van der Waals surface area contributed by atoms with Crippen molar-refractivity contribution >= 4 is 29.1 Å². The van der Waals surface area contributed by atoms with Gasteiger partial charge < -0.3 is 19.3 Å². The average molecular weight is 503 g/mol.